The number of ether oxygens (including phenoxy) is 1. The summed E-state index contributed by atoms with van der Waals surface area (Å²) in [4.78, 5) is 37.3. The van der Waals surface area contributed by atoms with Crippen molar-refractivity contribution >= 4 is 28.7 Å². The van der Waals surface area contributed by atoms with Crippen molar-refractivity contribution in [2.75, 3.05) is 38.3 Å². The summed E-state index contributed by atoms with van der Waals surface area (Å²) < 4.78 is 7.70. The van der Waals surface area contributed by atoms with Gasteiger partial charge in [0, 0.05) is 62.4 Å². The third-order valence-corrected chi connectivity index (χ3v) is 7.16. The molecule has 1 saturated carbocycles. The molecular formula is C26H32N6O3. The van der Waals surface area contributed by atoms with Crippen LogP contribution in [0.5, 0.6) is 0 Å². The molecule has 5 rings (SSSR count). The number of nitrogens with two attached hydrogens (primary N) is 1. The number of primary amides is 1. The first-order valence-corrected chi connectivity index (χ1v) is 12.3. The van der Waals surface area contributed by atoms with Gasteiger partial charge in [-0.05, 0) is 60.7 Å². The van der Waals surface area contributed by atoms with Gasteiger partial charge in [0.05, 0.1) is 6.61 Å². The SMILES string of the molecule is CN(C(=O)COCCn1ccc2ccc(C(N)=O)cc21)C1CCN(c2ncc(C3CC3)cn2)CC1. The number of anilines is 1. The summed E-state index contributed by atoms with van der Waals surface area (Å²) >= 11 is 0. The highest BCUT2D eigenvalue weighted by molar-refractivity contribution is 5.97. The number of carbonyl (C=O) groups excluding carboxylic acids is 2. The van der Waals surface area contributed by atoms with Crippen molar-refractivity contribution in [2.24, 2.45) is 5.73 Å². The van der Waals surface area contributed by atoms with Crippen LogP contribution in [0.1, 0.15) is 47.5 Å². The third-order valence-electron chi connectivity index (χ3n) is 7.16. The normalized spacial score (nSPS) is 16.5. The lowest BCUT2D eigenvalue weighted by Gasteiger charge is -2.36. The zero-order valence-corrected chi connectivity index (χ0v) is 20.1. The molecule has 35 heavy (non-hydrogen) atoms. The predicted octanol–water partition coefficient (Wildman–Crippen LogP) is 2.55. The minimum Gasteiger partial charge on any atom is -0.370 e. The van der Waals surface area contributed by atoms with E-state index in [1.54, 1.807) is 12.1 Å². The van der Waals surface area contributed by atoms with E-state index in [0.717, 1.165) is 42.8 Å². The maximum atomic E-state index is 12.7. The van der Waals surface area contributed by atoms with Crippen molar-refractivity contribution in [1.82, 2.24) is 19.4 Å². The zero-order chi connectivity index (χ0) is 24.4. The fourth-order valence-electron chi connectivity index (χ4n) is 4.74. The van der Waals surface area contributed by atoms with Crippen molar-refractivity contribution in [3.63, 3.8) is 0 Å². The van der Waals surface area contributed by atoms with E-state index >= 15 is 0 Å². The van der Waals surface area contributed by atoms with Gasteiger partial charge in [0.15, 0.2) is 0 Å². The van der Waals surface area contributed by atoms with Crippen LogP contribution in [-0.2, 0) is 16.1 Å². The molecule has 2 aromatic heterocycles. The molecule has 9 heteroatoms. The minimum atomic E-state index is -0.450. The Labute approximate surface area is 204 Å². The van der Waals surface area contributed by atoms with Gasteiger partial charge in [-0.3, -0.25) is 9.59 Å². The summed E-state index contributed by atoms with van der Waals surface area (Å²) in [7, 11) is 1.86. The highest BCUT2D eigenvalue weighted by Gasteiger charge is 2.28. The molecule has 0 bridgehead atoms. The van der Waals surface area contributed by atoms with Crippen molar-refractivity contribution in [3.05, 3.63) is 54.0 Å². The maximum Gasteiger partial charge on any atom is 0.248 e. The number of amides is 2. The zero-order valence-electron chi connectivity index (χ0n) is 20.1. The van der Waals surface area contributed by atoms with E-state index in [4.69, 9.17) is 10.5 Å². The Hall–Kier alpha value is -3.46. The van der Waals surface area contributed by atoms with Crippen LogP contribution in [0.25, 0.3) is 10.9 Å². The molecule has 3 heterocycles. The first-order valence-electron chi connectivity index (χ1n) is 12.3. The number of hydrogen-bond donors (Lipinski definition) is 1. The lowest BCUT2D eigenvalue weighted by Crippen LogP contribution is -2.47. The minimum absolute atomic E-state index is 0.0122. The molecule has 1 saturated heterocycles. The number of piperidine rings is 1. The quantitative estimate of drug-likeness (QED) is 0.476. The smallest absolute Gasteiger partial charge is 0.248 e. The van der Waals surface area contributed by atoms with Crippen molar-refractivity contribution in [2.45, 2.75) is 44.2 Å². The molecule has 2 aliphatic rings. The van der Waals surface area contributed by atoms with E-state index in [2.05, 4.69) is 14.9 Å². The number of carbonyl (C=O) groups is 2. The van der Waals surface area contributed by atoms with Gasteiger partial charge in [0.25, 0.3) is 0 Å². The van der Waals surface area contributed by atoms with E-state index in [9.17, 15) is 9.59 Å². The van der Waals surface area contributed by atoms with Crippen molar-refractivity contribution in [3.8, 4) is 0 Å². The molecule has 2 amide bonds. The number of nitrogens with zero attached hydrogens (tertiary/aromatic N) is 5. The van der Waals surface area contributed by atoms with Gasteiger partial charge < -0.3 is 24.8 Å². The Kier molecular flexibility index (Phi) is 6.68. The van der Waals surface area contributed by atoms with Crippen LogP contribution < -0.4 is 10.6 Å². The summed E-state index contributed by atoms with van der Waals surface area (Å²) in [6, 6.07) is 7.57. The van der Waals surface area contributed by atoms with Crippen LogP contribution >= 0.6 is 0 Å². The predicted molar refractivity (Wildman–Crippen MR) is 133 cm³/mol. The molecule has 3 aromatic rings. The van der Waals surface area contributed by atoms with Crippen LogP contribution in [0.15, 0.2) is 42.9 Å². The van der Waals surface area contributed by atoms with Crippen LogP contribution in [0.3, 0.4) is 0 Å². The van der Waals surface area contributed by atoms with Gasteiger partial charge >= 0.3 is 0 Å². The van der Waals surface area contributed by atoms with Crippen LogP contribution in [0, 0.1) is 0 Å². The Bertz CT molecular complexity index is 1200. The van der Waals surface area contributed by atoms with E-state index in [0.29, 0.717) is 24.6 Å². The van der Waals surface area contributed by atoms with Crippen LogP contribution in [-0.4, -0.2) is 70.6 Å². The molecule has 184 valence electrons. The second-order valence-corrected chi connectivity index (χ2v) is 9.51. The summed E-state index contributed by atoms with van der Waals surface area (Å²) in [6.07, 6.45) is 10.1. The number of likely N-dealkylation sites (N-methyl/N-ethyl adjacent to an activating group) is 1. The van der Waals surface area contributed by atoms with Crippen LogP contribution in [0.4, 0.5) is 5.95 Å². The average molecular weight is 477 g/mol. The lowest BCUT2D eigenvalue weighted by molar-refractivity contribution is -0.137. The average Bonchev–Trinajstić information content (AvgIpc) is 3.66. The maximum absolute atomic E-state index is 12.7. The molecule has 1 aliphatic heterocycles. The summed E-state index contributed by atoms with van der Waals surface area (Å²) in [6.45, 7) is 2.70. The molecule has 0 radical (unpaired) electrons. The Morgan fingerprint density at radius 1 is 1.11 bits per heavy atom. The third kappa shape index (κ3) is 5.30. The molecule has 0 unspecified atom stereocenters. The van der Waals surface area contributed by atoms with E-state index in [1.807, 2.05) is 47.2 Å². The molecule has 0 atom stereocenters. The second-order valence-electron chi connectivity index (χ2n) is 9.51. The summed E-state index contributed by atoms with van der Waals surface area (Å²) in [5, 5.41) is 1.03. The molecule has 1 aromatic carbocycles. The fourth-order valence-corrected chi connectivity index (χ4v) is 4.74. The summed E-state index contributed by atoms with van der Waals surface area (Å²) in [5.74, 6) is 0.982. The van der Waals surface area contributed by atoms with E-state index < -0.39 is 5.91 Å². The molecule has 2 fully saturated rings. The van der Waals surface area contributed by atoms with Crippen molar-refractivity contribution in [1.29, 1.82) is 0 Å². The molecule has 1 aliphatic carbocycles. The molecule has 2 N–H and O–H groups in total. The highest BCUT2D eigenvalue weighted by Crippen LogP contribution is 2.39. The van der Waals surface area contributed by atoms with Gasteiger partial charge in [-0.2, -0.15) is 0 Å². The number of rotatable bonds is 9. The Morgan fingerprint density at radius 2 is 1.86 bits per heavy atom. The van der Waals surface area contributed by atoms with E-state index in [-0.39, 0.29) is 18.6 Å². The highest BCUT2D eigenvalue weighted by atomic mass is 16.5. The first kappa shape index (κ1) is 23.3. The second kappa shape index (κ2) is 10.0. The topological polar surface area (TPSA) is 107 Å². The lowest BCUT2D eigenvalue weighted by atomic mass is 10.0. The first-order chi connectivity index (χ1) is 17.0. The molecular weight excluding hydrogens is 444 g/mol. The van der Waals surface area contributed by atoms with Gasteiger partial charge in [-0.25, -0.2) is 9.97 Å². The fraction of sp³-hybridized carbons (Fsp3) is 0.462. The van der Waals surface area contributed by atoms with Crippen molar-refractivity contribution < 1.29 is 14.3 Å². The Balaban J connectivity index is 1.06. The molecule has 0 spiro atoms. The van der Waals surface area contributed by atoms with Gasteiger partial charge in [0.2, 0.25) is 17.8 Å². The summed E-state index contributed by atoms with van der Waals surface area (Å²) in [5.41, 5.74) is 8.04. The number of aromatic nitrogens is 3. The monoisotopic (exact) mass is 476 g/mol. The number of fused-ring (bicyclic) bond motifs is 1. The Morgan fingerprint density at radius 3 is 2.54 bits per heavy atom. The number of benzene rings is 1. The van der Waals surface area contributed by atoms with Gasteiger partial charge in [-0.15, -0.1) is 0 Å². The number of hydrogen-bond acceptors (Lipinski definition) is 6. The van der Waals surface area contributed by atoms with Crippen LogP contribution in [0.2, 0.25) is 0 Å². The van der Waals surface area contributed by atoms with Gasteiger partial charge in [0.1, 0.15) is 6.61 Å². The van der Waals surface area contributed by atoms with Gasteiger partial charge in [-0.1, -0.05) is 6.07 Å². The largest absolute Gasteiger partial charge is 0.370 e. The molecule has 9 nitrogen and oxygen atoms in total. The standard InChI is InChI=1S/C26H32N6O3/c1-30(22-7-10-32(11-8-22)26-28-15-21(16-29-26)18-2-3-18)24(33)17-35-13-12-31-9-6-19-4-5-20(25(27)34)14-23(19)31/h4-6,9,14-16,18,22H,2-3,7-8,10-13,17H2,1H3,(H2,27,34). The van der Waals surface area contributed by atoms with E-state index in [1.165, 1.54) is 18.4 Å².